The molecule has 1 aromatic carbocycles. The molecule has 0 aliphatic carbocycles. The van der Waals surface area contributed by atoms with Crippen LogP contribution in [0.1, 0.15) is 24.3 Å². The van der Waals surface area contributed by atoms with Crippen LogP contribution in [0, 0.1) is 0 Å². The number of rotatable bonds is 3. The SMILES string of the molecule is FC(F)(F)c1ccc2oc(COC3CCNCC3)nc2c1. The lowest BCUT2D eigenvalue weighted by Crippen LogP contribution is -2.32. The first-order chi connectivity index (χ1) is 10.0. The first kappa shape index (κ1) is 14.3. The summed E-state index contributed by atoms with van der Waals surface area (Å²) >= 11 is 0. The van der Waals surface area contributed by atoms with Gasteiger partial charge in [0.05, 0.1) is 11.7 Å². The first-order valence-corrected chi connectivity index (χ1v) is 6.81. The van der Waals surface area contributed by atoms with Gasteiger partial charge in [-0.25, -0.2) is 4.98 Å². The molecule has 0 unspecified atom stereocenters. The number of alkyl halides is 3. The van der Waals surface area contributed by atoms with Gasteiger partial charge >= 0.3 is 6.18 Å². The van der Waals surface area contributed by atoms with E-state index in [4.69, 9.17) is 9.15 Å². The number of hydrogen-bond acceptors (Lipinski definition) is 4. The van der Waals surface area contributed by atoms with E-state index in [1.165, 1.54) is 6.07 Å². The van der Waals surface area contributed by atoms with Crippen molar-refractivity contribution in [2.45, 2.75) is 31.7 Å². The number of benzene rings is 1. The van der Waals surface area contributed by atoms with Gasteiger partial charge in [0.1, 0.15) is 12.1 Å². The summed E-state index contributed by atoms with van der Waals surface area (Å²) in [6.07, 6.45) is -2.40. The zero-order valence-electron chi connectivity index (χ0n) is 11.2. The number of nitrogens with zero attached hydrogens (tertiary/aromatic N) is 1. The van der Waals surface area contributed by atoms with E-state index in [0.29, 0.717) is 11.5 Å². The third kappa shape index (κ3) is 3.36. The van der Waals surface area contributed by atoms with Crippen LogP contribution >= 0.6 is 0 Å². The second kappa shape index (κ2) is 5.65. The maximum atomic E-state index is 12.6. The van der Waals surface area contributed by atoms with E-state index < -0.39 is 11.7 Å². The fraction of sp³-hybridized carbons (Fsp3) is 0.500. The molecule has 2 aromatic rings. The maximum absolute atomic E-state index is 12.6. The summed E-state index contributed by atoms with van der Waals surface area (Å²) in [7, 11) is 0. The molecule has 3 rings (SSSR count). The predicted octanol–water partition coefficient (Wildman–Crippen LogP) is 3.12. The van der Waals surface area contributed by atoms with Gasteiger partial charge in [-0.05, 0) is 44.1 Å². The molecule has 0 amide bonds. The molecule has 4 nitrogen and oxygen atoms in total. The van der Waals surface area contributed by atoms with Crippen LogP contribution in [0.3, 0.4) is 0 Å². The summed E-state index contributed by atoms with van der Waals surface area (Å²) in [6.45, 7) is 2.00. The van der Waals surface area contributed by atoms with Gasteiger partial charge in [-0.2, -0.15) is 13.2 Å². The Balaban J connectivity index is 1.71. The molecule has 114 valence electrons. The molecular weight excluding hydrogens is 285 g/mol. The molecule has 1 aliphatic heterocycles. The third-order valence-electron chi connectivity index (χ3n) is 3.49. The van der Waals surface area contributed by atoms with Crippen LogP contribution in [-0.4, -0.2) is 24.2 Å². The standard InChI is InChI=1S/C14H15F3N2O2/c15-14(16,17)9-1-2-12-11(7-9)19-13(21-12)8-20-10-3-5-18-6-4-10/h1-2,7,10,18H,3-6,8H2. The van der Waals surface area contributed by atoms with Gasteiger partial charge in [0, 0.05) is 0 Å². The van der Waals surface area contributed by atoms with Gasteiger partial charge in [-0.1, -0.05) is 0 Å². The molecule has 1 N–H and O–H groups in total. The average Bonchev–Trinajstić information content (AvgIpc) is 2.87. The molecule has 1 saturated heterocycles. The molecule has 0 saturated carbocycles. The lowest BCUT2D eigenvalue weighted by Gasteiger charge is -2.22. The summed E-state index contributed by atoms with van der Waals surface area (Å²) in [6, 6.07) is 3.27. The van der Waals surface area contributed by atoms with Crippen molar-refractivity contribution in [3.8, 4) is 0 Å². The molecule has 1 aromatic heterocycles. The van der Waals surface area contributed by atoms with E-state index in [9.17, 15) is 13.2 Å². The highest BCUT2D eigenvalue weighted by molar-refractivity contribution is 5.73. The molecule has 0 bridgehead atoms. The van der Waals surface area contributed by atoms with Gasteiger partial charge < -0.3 is 14.5 Å². The van der Waals surface area contributed by atoms with Gasteiger partial charge in [-0.15, -0.1) is 0 Å². The Labute approximate surface area is 119 Å². The number of hydrogen-bond donors (Lipinski definition) is 1. The van der Waals surface area contributed by atoms with Crippen molar-refractivity contribution in [1.29, 1.82) is 0 Å². The highest BCUT2D eigenvalue weighted by atomic mass is 19.4. The summed E-state index contributed by atoms with van der Waals surface area (Å²) in [5, 5.41) is 3.23. The monoisotopic (exact) mass is 300 g/mol. The Morgan fingerprint density at radius 3 is 2.76 bits per heavy atom. The average molecular weight is 300 g/mol. The number of oxazole rings is 1. The molecule has 1 fully saturated rings. The van der Waals surface area contributed by atoms with Crippen LogP contribution in [-0.2, 0) is 17.5 Å². The number of piperidine rings is 1. The van der Waals surface area contributed by atoms with Gasteiger partial charge in [0.25, 0.3) is 0 Å². The van der Waals surface area contributed by atoms with Crippen molar-refractivity contribution < 1.29 is 22.3 Å². The van der Waals surface area contributed by atoms with Crippen LogP contribution in [0.25, 0.3) is 11.1 Å². The number of nitrogens with one attached hydrogen (secondary N) is 1. The van der Waals surface area contributed by atoms with Gasteiger partial charge in [-0.3, -0.25) is 0 Å². The molecule has 0 atom stereocenters. The molecule has 1 aliphatic rings. The zero-order chi connectivity index (χ0) is 14.9. The number of halogens is 3. The highest BCUT2D eigenvalue weighted by Crippen LogP contribution is 2.31. The summed E-state index contributed by atoms with van der Waals surface area (Å²) < 4.78 is 49.0. The Kier molecular flexibility index (Phi) is 3.86. The molecular formula is C14H15F3N2O2. The Bertz CT molecular complexity index is 618. The smallest absolute Gasteiger partial charge is 0.416 e. The number of fused-ring (bicyclic) bond motifs is 1. The first-order valence-electron chi connectivity index (χ1n) is 6.81. The quantitative estimate of drug-likeness (QED) is 0.946. The van der Waals surface area contributed by atoms with Crippen LogP contribution in [0.15, 0.2) is 22.6 Å². The fourth-order valence-corrected chi connectivity index (χ4v) is 2.36. The molecule has 2 heterocycles. The third-order valence-corrected chi connectivity index (χ3v) is 3.49. The van der Waals surface area contributed by atoms with Gasteiger partial charge in [0.15, 0.2) is 5.58 Å². The van der Waals surface area contributed by atoms with Crippen molar-refractivity contribution in [2.75, 3.05) is 13.1 Å². The second-order valence-corrected chi connectivity index (χ2v) is 5.05. The van der Waals surface area contributed by atoms with Crippen molar-refractivity contribution in [1.82, 2.24) is 10.3 Å². The van der Waals surface area contributed by atoms with Crippen molar-refractivity contribution in [2.24, 2.45) is 0 Å². The molecule has 21 heavy (non-hydrogen) atoms. The van der Waals surface area contributed by atoms with E-state index in [0.717, 1.165) is 38.1 Å². The lowest BCUT2D eigenvalue weighted by atomic mass is 10.1. The molecule has 7 heteroatoms. The van der Waals surface area contributed by atoms with E-state index >= 15 is 0 Å². The normalized spacial score (nSPS) is 17.5. The van der Waals surface area contributed by atoms with Crippen molar-refractivity contribution >= 4 is 11.1 Å². The number of aromatic nitrogens is 1. The van der Waals surface area contributed by atoms with Gasteiger partial charge in [0.2, 0.25) is 5.89 Å². The van der Waals surface area contributed by atoms with E-state index in [1.807, 2.05) is 0 Å². The van der Waals surface area contributed by atoms with Crippen LogP contribution in [0.4, 0.5) is 13.2 Å². The van der Waals surface area contributed by atoms with Crippen LogP contribution < -0.4 is 5.32 Å². The van der Waals surface area contributed by atoms with Crippen molar-refractivity contribution in [3.63, 3.8) is 0 Å². The topological polar surface area (TPSA) is 47.3 Å². The Hall–Kier alpha value is -1.60. The number of ether oxygens (including phenoxy) is 1. The second-order valence-electron chi connectivity index (χ2n) is 5.05. The summed E-state index contributed by atoms with van der Waals surface area (Å²) in [4.78, 5) is 4.06. The summed E-state index contributed by atoms with van der Waals surface area (Å²) in [5.41, 5.74) is -0.185. The molecule has 0 radical (unpaired) electrons. The Morgan fingerprint density at radius 1 is 1.29 bits per heavy atom. The minimum absolute atomic E-state index is 0.145. The van der Waals surface area contributed by atoms with Crippen LogP contribution in [0.5, 0.6) is 0 Å². The minimum atomic E-state index is -4.38. The van der Waals surface area contributed by atoms with E-state index in [1.54, 1.807) is 0 Å². The fourth-order valence-electron chi connectivity index (χ4n) is 2.36. The van der Waals surface area contributed by atoms with E-state index in [2.05, 4.69) is 10.3 Å². The predicted molar refractivity (Wildman–Crippen MR) is 69.7 cm³/mol. The lowest BCUT2D eigenvalue weighted by molar-refractivity contribution is -0.137. The molecule has 0 spiro atoms. The van der Waals surface area contributed by atoms with Crippen LogP contribution in [0.2, 0.25) is 0 Å². The van der Waals surface area contributed by atoms with E-state index in [-0.39, 0.29) is 18.2 Å². The highest BCUT2D eigenvalue weighted by Gasteiger charge is 2.31. The maximum Gasteiger partial charge on any atom is 0.416 e. The minimum Gasteiger partial charge on any atom is -0.438 e. The largest absolute Gasteiger partial charge is 0.438 e. The Morgan fingerprint density at radius 2 is 2.05 bits per heavy atom. The summed E-state index contributed by atoms with van der Waals surface area (Å²) in [5.74, 6) is 0.308. The zero-order valence-corrected chi connectivity index (χ0v) is 11.2. The van der Waals surface area contributed by atoms with Crippen molar-refractivity contribution in [3.05, 3.63) is 29.7 Å².